The number of phenolic OH excluding ortho intramolecular Hbond substituents is 1. The molecule has 7 heteroatoms. The van der Waals surface area contributed by atoms with Gasteiger partial charge in [-0.15, -0.1) is 9.13 Å². The average molecular weight is 643 g/mol. The second-order valence-corrected chi connectivity index (χ2v) is 13.2. The maximum atomic E-state index is 10.8. The smallest absolute Gasteiger partial charge is 0.241 e. The largest absolute Gasteiger partial charge is 0.507 e. The third kappa shape index (κ3) is 5.06. The van der Waals surface area contributed by atoms with E-state index in [9.17, 15) is 5.11 Å². The van der Waals surface area contributed by atoms with E-state index in [1.165, 1.54) is 0 Å². The number of rotatable bonds is 5. The van der Waals surface area contributed by atoms with Gasteiger partial charge in [0.1, 0.15) is 27.8 Å². The van der Waals surface area contributed by atoms with Crippen LogP contribution in [0.25, 0.3) is 66.6 Å². The van der Waals surface area contributed by atoms with Gasteiger partial charge in [0.25, 0.3) is 0 Å². The number of nitrogens with zero attached hydrogens (tertiary/aromatic N) is 6. The van der Waals surface area contributed by atoms with Crippen LogP contribution in [0.1, 0.15) is 11.1 Å². The molecule has 0 amide bonds. The summed E-state index contributed by atoms with van der Waals surface area (Å²) >= 11 is 0. The highest BCUT2D eigenvalue weighted by molar-refractivity contribution is 5.96. The molecular formula is C42H38N6O+2. The topological polar surface area (TPSA) is 60.3 Å². The molecule has 6 aromatic carbocycles. The molecule has 0 fully saturated rings. The van der Waals surface area contributed by atoms with E-state index in [0.717, 1.165) is 89.1 Å². The average Bonchev–Trinajstić information content (AvgIpc) is 3.10. The SMILES string of the molecule is Cc1cc2nc3cc(-c4cc5c(cc4C)nc4ccc(N(C)C)cc4[n+]5-c4ccccc4)c(N(C)C)cc3[n+](-c3ccccc3)c2cc1O. The predicted molar refractivity (Wildman–Crippen MR) is 200 cm³/mol. The Kier molecular flexibility index (Phi) is 7.14. The summed E-state index contributed by atoms with van der Waals surface area (Å²) in [5.74, 6) is 0.250. The Morgan fingerprint density at radius 2 is 1.02 bits per heavy atom. The summed E-state index contributed by atoms with van der Waals surface area (Å²) in [5.41, 5.74) is 15.8. The Hall–Kier alpha value is -6.08. The zero-order valence-corrected chi connectivity index (χ0v) is 28.6. The normalized spacial score (nSPS) is 11.6. The summed E-state index contributed by atoms with van der Waals surface area (Å²) < 4.78 is 4.52. The van der Waals surface area contributed by atoms with Gasteiger partial charge in [0.15, 0.2) is 0 Å². The predicted octanol–water partition coefficient (Wildman–Crippen LogP) is 7.76. The highest BCUT2D eigenvalue weighted by atomic mass is 16.3. The lowest BCUT2D eigenvalue weighted by molar-refractivity contribution is -0.538. The Morgan fingerprint density at radius 1 is 0.490 bits per heavy atom. The highest BCUT2D eigenvalue weighted by Gasteiger charge is 2.26. The molecule has 2 aromatic heterocycles. The van der Waals surface area contributed by atoms with Crippen LogP contribution in [0.3, 0.4) is 0 Å². The Morgan fingerprint density at radius 3 is 1.63 bits per heavy atom. The van der Waals surface area contributed by atoms with Gasteiger partial charge in [0, 0.05) is 81.9 Å². The molecule has 49 heavy (non-hydrogen) atoms. The van der Waals surface area contributed by atoms with Crippen molar-refractivity contribution in [1.82, 2.24) is 9.97 Å². The van der Waals surface area contributed by atoms with Crippen molar-refractivity contribution in [3.63, 3.8) is 0 Å². The number of aromatic nitrogens is 4. The molecule has 0 aliphatic rings. The monoisotopic (exact) mass is 642 g/mol. The van der Waals surface area contributed by atoms with E-state index >= 15 is 0 Å². The van der Waals surface area contributed by atoms with Crippen molar-refractivity contribution in [3.05, 3.63) is 126 Å². The van der Waals surface area contributed by atoms with Crippen LogP contribution in [0.15, 0.2) is 115 Å². The van der Waals surface area contributed by atoms with Crippen LogP contribution in [0.4, 0.5) is 11.4 Å². The van der Waals surface area contributed by atoms with Gasteiger partial charge < -0.3 is 14.9 Å². The Bertz CT molecular complexity index is 2580. The summed E-state index contributed by atoms with van der Waals surface area (Å²) in [6, 6.07) is 40.0. The van der Waals surface area contributed by atoms with Crippen molar-refractivity contribution in [2.45, 2.75) is 13.8 Å². The molecule has 1 N–H and O–H groups in total. The number of anilines is 2. The maximum absolute atomic E-state index is 10.8. The van der Waals surface area contributed by atoms with Crippen LogP contribution in [0.5, 0.6) is 5.75 Å². The standard InChI is InChI=1S/C42H37N6O/c1-26-19-34-39(47(28-13-9-7-10-14-28)38-21-30(45(3)4)17-18-33(38)43-34)23-31(26)32-22-36-40(24-37(32)46(5)6)48(29-15-11-8-12-16-29)41-25-42(49)27(2)20-35(41)44-36/h7-25H,1-6H3/q+1/p+1. The molecule has 240 valence electrons. The first kappa shape index (κ1) is 30.3. The van der Waals surface area contributed by atoms with Gasteiger partial charge in [-0.1, -0.05) is 36.4 Å². The lowest BCUT2D eigenvalue weighted by atomic mass is 9.96. The van der Waals surface area contributed by atoms with Crippen molar-refractivity contribution in [3.8, 4) is 28.3 Å². The van der Waals surface area contributed by atoms with Crippen LogP contribution in [0, 0.1) is 13.8 Å². The van der Waals surface area contributed by atoms with Crippen LogP contribution >= 0.6 is 0 Å². The minimum Gasteiger partial charge on any atom is -0.507 e. The second-order valence-electron chi connectivity index (χ2n) is 13.2. The number of aryl methyl sites for hydroxylation is 2. The van der Waals surface area contributed by atoms with E-state index in [2.05, 4.69) is 139 Å². The molecule has 8 rings (SSSR count). The molecule has 0 atom stereocenters. The first-order valence-corrected chi connectivity index (χ1v) is 16.5. The zero-order valence-electron chi connectivity index (χ0n) is 28.6. The van der Waals surface area contributed by atoms with Gasteiger partial charge in [-0.3, -0.25) is 0 Å². The minimum absolute atomic E-state index is 0.250. The number of phenols is 1. The van der Waals surface area contributed by atoms with Gasteiger partial charge >= 0.3 is 0 Å². The van der Waals surface area contributed by atoms with E-state index in [0.29, 0.717) is 0 Å². The first-order valence-electron chi connectivity index (χ1n) is 16.5. The Balaban J connectivity index is 1.47. The zero-order chi connectivity index (χ0) is 34.0. The van der Waals surface area contributed by atoms with E-state index in [1.54, 1.807) is 0 Å². The molecule has 0 spiro atoms. The molecule has 0 bridgehead atoms. The van der Waals surface area contributed by atoms with Gasteiger partial charge in [-0.05, 0) is 60.9 Å². The van der Waals surface area contributed by atoms with Crippen molar-refractivity contribution in [2.24, 2.45) is 0 Å². The second kappa shape index (κ2) is 11.6. The molecule has 7 nitrogen and oxygen atoms in total. The van der Waals surface area contributed by atoms with E-state index in [1.807, 2.05) is 37.3 Å². The quantitative estimate of drug-likeness (QED) is 0.154. The number of fused-ring (bicyclic) bond motifs is 4. The first-order chi connectivity index (χ1) is 23.7. The molecule has 0 aliphatic carbocycles. The highest BCUT2D eigenvalue weighted by Crippen LogP contribution is 2.38. The number of benzene rings is 6. The van der Waals surface area contributed by atoms with Crippen molar-refractivity contribution in [1.29, 1.82) is 0 Å². The Labute approximate surface area is 285 Å². The van der Waals surface area contributed by atoms with E-state index < -0.39 is 0 Å². The maximum Gasteiger partial charge on any atom is 0.241 e. The molecule has 0 saturated carbocycles. The molecule has 8 aromatic rings. The van der Waals surface area contributed by atoms with Gasteiger partial charge in [-0.25, -0.2) is 9.97 Å². The van der Waals surface area contributed by atoms with Crippen LogP contribution in [0.2, 0.25) is 0 Å². The van der Waals surface area contributed by atoms with Crippen molar-refractivity contribution in [2.75, 3.05) is 38.0 Å². The molecule has 0 saturated heterocycles. The summed E-state index contributed by atoms with van der Waals surface area (Å²) in [7, 11) is 8.30. The van der Waals surface area contributed by atoms with Gasteiger partial charge in [0.05, 0.1) is 11.8 Å². The number of hydrogen-bond acceptors (Lipinski definition) is 5. The molecule has 2 heterocycles. The molecular weight excluding hydrogens is 605 g/mol. The summed E-state index contributed by atoms with van der Waals surface area (Å²) in [6.07, 6.45) is 0. The fourth-order valence-corrected chi connectivity index (χ4v) is 6.89. The molecule has 0 unspecified atom stereocenters. The van der Waals surface area contributed by atoms with E-state index in [-0.39, 0.29) is 5.75 Å². The molecule has 0 radical (unpaired) electrons. The lowest BCUT2D eigenvalue weighted by Crippen LogP contribution is -2.33. The van der Waals surface area contributed by atoms with Crippen LogP contribution < -0.4 is 18.9 Å². The van der Waals surface area contributed by atoms with Gasteiger partial charge in [0.2, 0.25) is 33.4 Å². The van der Waals surface area contributed by atoms with Crippen molar-refractivity contribution < 1.29 is 14.2 Å². The fourth-order valence-electron chi connectivity index (χ4n) is 6.89. The van der Waals surface area contributed by atoms with Crippen LogP contribution in [-0.2, 0) is 0 Å². The summed E-state index contributed by atoms with van der Waals surface area (Å²) in [5, 5.41) is 10.8. The summed E-state index contributed by atoms with van der Waals surface area (Å²) in [6.45, 7) is 4.07. The molecule has 0 aliphatic heterocycles. The fraction of sp³-hybridized carbons (Fsp3) is 0.143. The minimum atomic E-state index is 0.250. The third-order valence-electron chi connectivity index (χ3n) is 9.43. The van der Waals surface area contributed by atoms with Gasteiger partial charge in [-0.2, -0.15) is 0 Å². The summed E-state index contributed by atoms with van der Waals surface area (Å²) in [4.78, 5) is 14.7. The number of para-hydroxylation sites is 2. The van der Waals surface area contributed by atoms with E-state index in [4.69, 9.17) is 9.97 Å². The van der Waals surface area contributed by atoms with Crippen LogP contribution in [-0.4, -0.2) is 43.3 Å². The lowest BCUT2D eigenvalue weighted by Gasteiger charge is -2.20. The third-order valence-corrected chi connectivity index (χ3v) is 9.43. The van der Waals surface area contributed by atoms with Crippen molar-refractivity contribution >= 4 is 55.5 Å². The number of aromatic hydroxyl groups is 1. The number of hydrogen-bond donors (Lipinski definition) is 1.